The molecule has 1 aliphatic rings. The molecular formula is C12H13ClF2N2O2. The Hall–Kier alpha value is -1.40. The molecule has 0 aromatic heterocycles. The predicted molar refractivity (Wildman–Crippen MR) is 67.7 cm³/mol. The summed E-state index contributed by atoms with van der Waals surface area (Å²) in [4.78, 5) is 11.8. The number of hydrogen-bond acceptors (Lipinski definition) is 3. The van der Waals surface area contributed by atoms with Crippen molar-refractivity contribution >= 4 is 23.2 Å². The van der Waals surface area contributed by atoms with Crippen molar-refractivity contribution in [3.05, 3.63) is 23.2 Å². The molecule has 1 heterocycles. The van der Waals surface area contributed by atoms with E-state index in [9.17, 15) is 13.6 Å². The Kier molecular flexibility index (Phi) is 4.55. The molecule has 1 aromatic carbocycles. The van der Waals surface area contributed by atoms with Crippen LogP contribution in [0.2, 0.25) is 5.02 Å². The fourth-order valence-corrected chi connectivity index (χ4v) is 2.12. The van der Waals surface area contributed by atoms with Crippen LogP contribution in [0.25, 0.3) is 0 Å². The van der Waals surface area contributed by atoms with E-state index in [1.165, 1.54) is 18.2 Å². The summed E-state index contributed by atoms with van der Waals surface area (Å²) in [6.45, 7) is -1.46. The zero-order valence-electron chi connectivity index (χ0n) is 9.96. The number of ether oxygens (including phenoxy) is 1. The van der Waals surface area contributed by atoms with Crippen LogP contribution in [-0.4, -0.2) is 25.6 Å². The maximum atomic E-state index is 12.1. The number of carbonyl (C=O) groups is 1. The highest BCUT2D eigenvalue weighted by molar-refractivity contribution is 6.32. The smallest absolute Gasteiger partial charge is 0.387 e. The van der Waals surface area contributed by atoms with E-state index in [4.69, 9.17) is 11.6 Å². The number of amides is 1. The van der Waals surface area contributed by atoms with Crippen molar-refractivity contribution in [1.29, 1.82) is 0 Å². The maximum absolute atomic E-state index is 12.1. The largest absolute Gasteiger partial charge is 0.433 e. The van der Waals surface area contributed by atoms with E-state index in [0.29, 0.717) is 12.2 Å². The zero-order valence-corrected chi connectivity index (χ0v) is 10.7. The second-order valence-electron chi connectivity index (χ2n) is 4.20. The highest BCUT2D eigenvalue weighted by Gasteiger charge is 2.22. The molecule has 19 heavy (non-hydrogen) atoms. The molecule has 1 aromatic rings. The quantitative estimate of drug-likeness (QED) is 0.896. The van der Waals surface area contributed by atoms with Gasteiger partial charge in [0, 0.05) is 12.2 Å². The minimum Gasteiger partial charge on any atom is -0.433 e. The summed E-state index contributed by atoms with van der Waals surface area (Å²) in [6.07, 6.45) is 0.784. The van der Waals surface area contributed by atoms with Gasteiger partial charge in [0.25, 0.3) is 0 Å². The van der Waals surface area contributed by atoms with Gasteiger partial charge in [-0.25, -0.2) is 0 Å². The SMILES string of the molecule is O=C(Nc1ccc(OC(F)F)c(Cl)c1)C1CCNC1. The second kappa shape index (κ2) is 6.16. The molecule has 4 nitrogen and oxygen atoms in total. The second-order valence-corrected chi connectivity index (χ2v) is 4.61. The van der Waals surface area contributed by atoms with Crippen molar-refractivity contribution in [2.24, 2.45) is 5.92 Å². The summed E-state index contributed by atoms with van der Waals surface area (Å²) in [5, 5.41) is 5.82. The van der Waals surface area contributed by atoms with Gasteiger partial charge in [-0.05, 0) is 31.2 Å². The normalized spacial score (nSPS) is 18.6. The third kappa shape index (κ3) is 3.78. The molecule has 1 atom stereocenters. The molecule has 1 unspecified atom stereocenters. The fraction of sp³-hybridized carbons (Fsp3) is 0.417. The van der Waals surface area contributed by atoms with E-state index in [-0.39, 0.29) is 22.6 Å². The van der Waals surface area contributed by atoms with Crippen molar-refractivity contribution in [1.82, 2.24) is 5.32 Å². The molecule has 7 heteroatoms. The molecule has 0 radical (unpaired) electrons. The number of alkyl halides is 2. The van der Waals surface area contributed by atoms with Crippen LogP contribution < -0.4 is 15.4 Å². The van der Waals surface area contributed by atoms with Gasteiger partial charge >= 0.3 is 6.61 Å². The summed E-state index contributed by atoms with van der Waals surface area (Å²) >= 11 is 5.79. The molecule has 2 rings (SSSR count). The highest BCUT2D eigenvalue weighted by Crippen LogP contribution is 2.29. The van der Waals surface area contributed by atoms with E-state index in [0.717, 1.165) is 13.0 Å². The van der Waals surface area contributed by atoms with Crippen molar-refractivity contribution < 1.29 is 18.3 Å². The number of carbonyl (C=O) groups excluding carboxylic acids is 1. The van der Waals surface area contributed by atoms with E-state index >= 15 is 0 Å². The van der Waals surface area contributed by atoms with Gasteiger partial charge in [-0.15, -0.1) is 0 Å². The van der Waals surface area contributed by atoms with Gasteiger partial charge in [-0.1, -0.05) is 11.6 Å². The average Bonchev–Trinajstić information content (AvgIpc) is 2.86. The Balaban J connectivity index is 2.01. The summed E-state index contributed by atoms with van der Waals surface area (Å²) < 4.78 is 28.3. The van der Waals surface area contributed by atoms with Crippen LogP contribution in [0.15, 0.2) is 18.2 Å². The van der Waals surface area contributed by atoms with Crippen LogP contribution in [0.5, 0.6) is 5.75 Å². The molecule has 1 amide bonds. The van der Waals surface area contributed by atoms with Crippen molar-refractivity contribution in [3.63, 3.8) is 0 Å². The Morgan fingerprint density at radius 3 is 2.89 bits per heavy atom. The van der Waals surface area contributed by atoms with Crippen LogP contribution in [0.1, 0.15) is 6.42 Å². The zero-order chi connectivity index (χ0) is 13.8. The molecule has 0 bridgehead atoms. The highest BCUT2D eigenvalue weighted by atomic mass is 35.5. The lowest BCUT2D eigenvalue weighted by molar-refractivity contribution is -0.119. The molecule has 1 fully saturated rings. The minimum absolute atomic E-state index is 0.0302. The molecule has 1 aliphatic heterocycles. The summed E-state index contributed by atoms with van der Waals surface area (Å²) in [5.74, 6) is -0.295. The number of benzene rings is 1. The third-order valence-electron chi connectivity index (χ3n) is 2.85. The van der Waals surface area contributed by atoms with Gasteiger partial charge in [0.15, 0.2) is 0 Å². The molecule has 0 aliphatic carbocycles. The van der Waals surface area contributed by atoms with Gasteiger partial charge in [0.2, 0.25) is 5.91 Å². The van der Waals surface area contributed by atoms with Gasteiger partial charge in [-0.2, -0.15) is 8.78 Å². The molecule has 104 valence electrons. The van der Waals surface area contributed by atoms with Crippen LogP contribution in [0.3, 0.4) is 0 Å². The fourth-order valence-electron chi connectivity index (χ4n) is 1.89. The Bertz CT molecular complexity index is 465. The minimum atomic E-state index is -2.93. The van der Waals surface area contributed by atoms with E-state index in [1.54, 1.807) is 0 Å². The maximum Gasteiger partial charge on any atom is 0.387 e. The topological polar surface area (TPSA) is 50.4 Å². The van der Waals surface area contributed by atoms with Crippen molar-refractivity contribution in [2.45, 2.75) is 13.0 Å². The molecule has 0 saturated carbocycles. The van der Waals surface area contributed by atoms with Crippen LogP contribution in [0.4, 0.5) is 14.5 Å². The first-order valence-corrected chi connectivity index (χ1v) is 6.20. The van der Waals surface area contributed by atoms with E-state index < -0.39 is 6.61 Å². The molecule has 1 saturated heterocycles. The number of nitrogens with one attached hydrogen (secondary N) is 2. The third-order valence-corrected chi connectivity index (χ3v) is 3.14. The van der Waals surface area contributed by atoms with Crippen molar-refractivity contribution in [2.75, 3.05) is 18.4 Å². The molecule has 2 N–H and O–H groups in total. The first-order chi connectivity index (χ1) is 9.06. The molecule has 0 spiro atoms. The number of hydrogen-bond donors (Lipinski definition) is 2. The van der Waals surface area contributed by atoms with Gasteiger partial charge in [0.1, 0.15) is 5.75 Å². The monoisotopic (exact) mass is 290 g/mol. The van der Waals surface area contributed by atoms with Crippen LogP contribution in [-0.2, 0) is 4.79 Å². The van der Waals surface area contributed by atoms with Crippen LogP contribution >= 0.6 is 11.6 Å². The van der Waals surface area contributed by atoms with E-state index in [1.807, 2.05) is 0 Å². The van der Waals surface area contributed by atoms with E-state index in [2.05, 4.69) is 15.4 Å². The lowest BCUT2D eigenvalue weighted by atomic mass is 10.1. The van der Waals surface area contributed by atoms with Gasteiger partial charge in [-0.3, -0.25) is 4.79 Å². The summed E-state index contributed by atoms with van der Waals surface area (Å²) in [7, 11) is 0. The number of rotatable bonds is 4. The molecular weight excluding hydrogens is 278 g/mol. The Labute approximate surface area is 114 Å². The number of halogens is 3. The Morgan fingerprint density at radius 1 is 1.53 bits per heavy atom. The lowest BCUT2D eigenvalue weighted by Crippen LogP contribution is -2.24. The van der Waals surface area contributed by atoms with Crippen LogP contribution in [0, 0.1) is 5.92 Å². The summed E-state index contributed by atoms with van der Waals surface area (Å²) in [6, 6.07) is 4.17. The first-order valence-electron chi connectivity index (χ1n) is 5.82. The average molecular weight is 291 g/mol. The predicted octanol–water partition coefficient (Wildman–Crippen LogP) is 2.49. The summed E-state index contributed by atoms with van der Waals surface area (Å²) in [5.41, 5.74) is 0.462. The van der Waals surface area contributed by atoms with Gasteiger partial charge < -0.3 is 15.4 Å². The van der Waals surface area contributed by atoms with Crippen molar-refractivity contribution in [3.8, 4) is 5.75 Å². The number of anilines is 1. The first kappa shape index (κ1) is 14.0. The van der Waals surface area contributed by atoms with Gasteiger partial charge in [0.05, 0.1) is 10.9 Å². The Morgan fingerprint density at radius 2 is 2.32 bits per heavy atom. The lowest BCUT2D eigenvalue weighted by Gasteiger charge is -2.12. The standard InChI is InChI=1S/C12H13ClF2N2O2/c13-9-5-8(1-2-10(9)19-12(14)15)17-11(18)7-3-4-16-6-7/h1-2,5,7,12,16H,3-4,6H2,(H,17,18).